The molecule has 0 atom stereocenters. The zero-order valence-electron chi connectivity index (χ0n) is 9.97. The van der Waals surface area contributed by atoms with Crippen LogP contribution in [0.25, 0.3) is 0 Å². The number of carbonyl (C=O) groups is 2. The summed E-state index contributed by atoms with van der Waals surface area (Å²) in [6.07, 6.45) is 2.94. The number of rotatable bonds is 2. The number of aryl methyl sites for hydroxylation is 2. The summed E-state index contributed by atoms with van der Waals surface area (Å²) in [6, 6.07) is 0. The molecular formula is C9H9N5O4S2. The number of nitrogens with one attached hydrogen (secondary N) is 3. The Hall–Kier alpha value is -2.01. The van der Waals surface area contributed by atoms with Crippen molar-refractivity contribution in [3.8, 4) is 0 Å². The van der Waals surface area contributed by atoms with Crippen LogP contribution in [0.2, 0.25) is 0 Å². The van der Waals surface area contributed by atoms with Crippen molar-refractivity contribution in [2.45, 2.75) is 19.3 Å². The summed E-state index contributed by atoms with van der Waals surface area (Å²) in [5, 5.41) is 4.09. The molecule has 1 saturated heterocycles. The van der Waals surface area contributed by atoms with Gasteiger partial charge in [-0.1, -0.05) is 0 Å². The fourth-order valence-electron chi connectivity index (χ4n) is 1.91. The van der Waals surface area contributed by atoms with Crippen LogP contribution in [0.4, 0.5) is 5.13 Å². The van der Waals surface area contributed by atoms with Gasteiger partial charge in [0.15, 0.2) is 0 Å². The Bertz CT molecular complexity index is 688. The van der Waals surface area contributed by atoms with E-state index in [9.17, 15) is 18.0 Å². The van der Waals surface area contributed by atoms with Crippen LogP contribution in [0.5, 0.6) is 0 Å². The predicted molar refractivity (Wildman–Crippen MR) is 70.4 cm³/mol. The average molecular weight is 315 g/mol. The molecule has 0 saturated carbocycles. The van der Waals surface area contributed by atoms with Gasteiger partial charge in [-0.05, 0) is 19.3 Å². The highest BCUT2D eigenvalue weighted by Crippen LogP contribution is 2.30. The van der Waals surface area contributed by atoms with Gasteiger partial charge < -0.3 is 0 Å². The van der Waals surface area contributed by atoms with Gasteiger partial charge in [0, 0.05) is 4.88 Å². The van der Waals surface area contributed by atoms with Crippen LogP contribution in [0.1, 0.15) is 17.0 Å². The molecule has 1 aliphatic carbocycles. The van der Waals surface area contributed by atoms with Gasteiger partial charge in [0.05, 0.1) is 5.69 Å². The molecule has 0 aromatic carbocycles. The van der Waals surface area contributed by atoms with E-state index in [-0.39, 0.29) is 0 Å². The highest BCUT2D eigenvalue weighted by Gasteiger charge is 2.33. The molecule has 1 aliphatic heterocycles. The molecule has 0 bridgehead atoms. The summed E-state index contributed by atoms with van der Waals surface area (Å²) < 4.78 is 25.3. The summed E-state index contributed by atoms with van der Waals surface area (Å²) in [6.45, 7) is 0. The first-order valence-corrected chi connectivity index (χ1v) is 7.96. The molecule has 3 rings (SSSR count). The minimum atomic E-state index is -4.12. The lowest BCUT2D eigenvalue weighted by Gasteiger charge is -2.14. The Morgan fingerprint density at radius 2 is 1.90 bits per heavy atom. The Balaban J connectivity index is 1.78. The average Bonchev–Trinajstić information content (AvgIpc) is 2.86. The van der Waals surface area contributed by atoms with Crippen LogP contribution in [0.15, 0.2) is 5.10 Å². The Kier molecular flexibility index (Phi) is 2.94. The minimum absolute atomic E-state index is 0.469. The fourth-order valence-corrected chi connectivity index (χ4v) is 3.64. The molecule has 20 heavy (non-hydrogen) atoms. The quantitative estimate of drug-likeness (QED) is 0.593. The van der Waals surface area contributed by atoms with Gasteiger partial charge in [0.1, 0.15) is 0 Å². The number of nitrogens with zero attached hydrogens (tertiary/aromatic N) is 2. The summed E-state index contributed by atoms with van der Waals surface area (Å²) in [4.78, 5) is 28.3. The molecule has 1 aromatic heterocycles. The summed E-state index contributed by atoms with van der Waals surface area (Å²) in [5.74, 6) is -2.16. The predicted octanol–water partition coefficient (Wildman–Crippen LogP) is -1.11. The van der Waals surface area contributed by atoms with E-state index in [4.69, 9.17) is 0 Å². The summed E-state index contributed by atoms with van der Waals surface area (Å²) in [5.41, 5.74) is 2.95. The topological polar surface area (TPSA) is 130 Å². The van der Waals surface area contributed by atoms with E-state index in [1.807, 2.05) is 0 Å². The number of thiazole rings is 1. The second kappa shape index (κ2) is 4.52. The van der Waals surface area contributed by atoms with E-state index in [0.717, 1.165) is 29.8 Å². The molecule has 0 spiro atoms. The van der Waals surface area contributed by atoms with Crippen molar-refractivity contribution in [1.82, 2.24) is 14.4 Å². The zero-order chi connectivity index (χ0) is 14.3. The third-order valence-electron chi connectivity index (χ3n) is 2.74. The molecule has 2 aliphatic rings. The number of hydrogen-bond donors (Lipinski definition) is 3. The van der Waals surface area contributed by atoms with Crippen LogP contribution in [0.3, 0.4) is 0 Å². The minimum Gasteiger partial charge on any atom is -0.266 e. The normalized spacial score (nSPS) is 20.1. The van der Waals surface area contributed by atoms with Crippen molar-refractivity contribution < 1.29 is 18.0 Å². The van der Waals surface area contributed by atoms with Gasteiger partial charge in [-0.25, -0.2) is 14.4 Å². The van der Waals surface area contributed by atoms with Crippen molar-refractivity contribution in [2.24, 2.45) is 5.10 Å². The molecule has 2 heterocycles. The second-order valence-electron chi connectivity index (χ2n) is 4.18. The van der Waals surface area contributed by atoms with Gasteiger partial charge in [-0.15, -0.1) is 11.3 Å². The standard InChI is InChI=1S/C9H9N5O4S2/c15-7-6(8(16)14-20(17,18)13-7)11-12-9-10-4-2-1-3-5(4)19-9/h1-3H2,(H,10,12)(H,13,15)(H,14,16). The van der Waals surface area contributed by atoms with E-state index < -0.39 is 27.7 Å². The van der Waals surface area contributed by atoms with Crippen molar-refractivity contribution in [1.29, 1.82) is 0 Å². The highest BCUT2D eigenvalue weighted by atomic mass is 32.2. The number of amides is 2. The lowest BCUT2D eigenvalue weighted by molar-refractivity contribution is -0.118. The maximum Gasteiger partial charge on any atom is 0.326 e. The first kappa shape index (κ1) is 13.0. The van der Waals surface area contributed by atoms with Crippen molar-refractivity contribution >= 4 is 44.2 Å². The molecule has 0 radical (unpaired) electrons. The number of hydrogen-bond acceptors (Lipinski definition) is 8. The van der Waals surface area contributed by atoms with Gasteiger partial charge >= 0.3 is 10.2 Å². The Morgan fingerprint density at radius 3 is 2.55 bits per heavy atom. The van der Waals surface area contributed by atoms with Crippen LogP contribution in [-0.2, 0) is 32.6 Å². The zero-order valence-corrected chi connectivity index (χ0v) is 11.6. The second-order valence-corrected chi connectivity index (χ2v) is 6.68. The van der Waals surface area contributed by atoms with Gasteiger partial charge in [-0.3, -0.25) is 15.0 Å². The molecule has 9 nitrogen and oxygen atoms in total. The third kappa shape index (κ3) is 2.36. The monoisotopic (exact) mass is 315 g/mol. The van der Waals surface area contributed by atoms with Gasteiger partial charge in [0.2, 0.25) is 10.8 Å². The van der Waals surface area contributed by atoms with E-state index >= 15 is 0 Å². The molecule has 0 unspecified atom stereocenters. The molecule has 2 amide bonds. The first-order valence-electron chi connectivity index (χ1n) is 5.66. The van der Waals surface area contributed by atoms with Crippen molar-refractivity contribution in [3.05, 3.63) is 10.6 Å². The maximum atomic E-state index is 11.4. The number of aromatic nitrogens is 1. The molecular weight excluding hydrogens is 306 g/mol. The van der Waals surface area contributed by atoms with Crippen molar-refractivity contribution in [2.75, 3.05) is 5.43 Å². The smallest absolute Gasteiger partial charge is 0.266 e. The Labute approximate surface area is 117 Å². The fraction of sp³-hybridized carbons (Fsp3) is 0.333. The first-order chi connectivity index (χ1) is 9.44. The SMILES string of the molecule is O=C1NS(=O)(=O)NC(=O)C1=NNc1nc2c(s1)CCC2. The van der Waals surface area contributed by atoms with Crippen LogP contribution < -0.4 is 14.9 Å². The number of anilines is 1. The van der Waals surface area contributed by atoms with Gasteiger partial charge in [-0.2, -0.15) is 13.5 Å². The Morgan fingerprint density at radius 1 is 1.20 bits per heavy atom. The van der Waals surface area contributed by atoms with Gasteiger partial charge in [0.25, 0.3) is 11.8 Å². The van der Waals surface area contributed by atoms with E-state index in [0.29, 0.717) is 5.13 Å². The number of hydrazone groups is 1. The van der Waals surface area contributed by atoms with E-state index in [1.54, 1.807) is 9.44 Å². The molecule has 1 fully saturated rings. The molecule has 1 aromatic rings. The third-order valence-corrected chi connectivity index (χ3v) is 4.71. The lowest BCUT2D eigenvalue weighted by atomic mass is 10.3. The lowest BCUT2D eigenvalue weighted by Crippen LogP contribution is -2.56. The number of fused-ring (bicyclic) bond motifs is 1. The molecule has 3 N–H and O–H groups in total. The van der Waals surface area contributed by atoms with E-state index in [1.165, 1.54) is 11.3 Å². The maximum absolute atomic E-state index is 11.4. The summed E-state index contributed by atoms with van der Waals surface area (Å²) >= 11 is 1.40. The highest BCUT2D eigenvalue weighted by molar-refractivity contribution is 7.89. The van der Waals surface area contributed by atoms with Crippen LogP contribution >= 0.6 is 11.3 Å². The largest absolute Gasteiger partial charge is 0.326 e. The van der Waals surface area contributed by atoms with Crippen LogP contribution in [-0.4, -0.2) is 30.9 Å². The van der Waals surface area contributed by atoms with Crippen molar-refractivity contribution in [3.63, 3.8) is 0 Å². The number of carbonyl (C=O) groups excluding carboxylic acids is 2. The molecule has 106 valence electrons. The van der Waals surface area contributed by atoms with E-state index in [2.05, 4.69) is 15.5 Å². The molecule has 11 heteroatoms. The van der Waals surface area contributed by atoms with Crippen LogP contribution in [0, 0.1) is 0 Å². The summed E-state index contributed by atoms with van der Waals surface area (Å²) in [7, 11) is -4.12.